The van der Waals surface area contributed by atoms with E-state index in [2.05, 4.69) is 5.32 Å². The van der Waals surface area contributed by atoms with Gasteiger partial charge < -0.3 is 10.4 Å². The molecule has 2 N–H and O–H groups in total. The van der Waals surface area contributed by atoms with Crippen molar-refractivity contribution in [3.8, 4) is 0 Å². The summed E-state index contributed by atoms with van der Waals surface area (Å²) in [6.45, 7) is 2.56. The first-order valence-corrected chi connectivity index (χ1v) is 7.95. The lowest BCUT2D eigenvalue weighted by atomic mass is 10.1. The van der Waals surface area contributed by atoms with Crippen molar-refractivity contribution in [3.63, 3.8) is 0 Å². The first-order valence-electron chi connectivity index (χ1n) is 6.59. The van der Waals surface area contributed by atoms with Gasteiger partial charge in [0.15, 0.2) is 0 Å². The first kappa shape index (κ1) is 15.7. The zero-order valence-electron chi connectivity index (χ0n) is 11.6. The van der Waals surface area contributed by atoms with Gasteiger partial charge in [-0.05, 0) is 35.6 Å². The van der Waals surface area contributed by atoms with Gasteiger partial charge in [0.2, 0.25) is 0 Å². The van der Waals surface area contributed by atoms with Gasteiger partial charge in [0.25, 0.3) is 0 Å². The van der Waals surface area contributed by atoms with Gasteiger partial charge in [-0.2, -0.15) is 0 Å². The van der Waals surface area contributed by atoms with Crippen LogP contribution >= 0.6 is 23.4 Å². The van der Waals surface area contributed by atoms with Crippen LogP contribution in [0, 0.1) is 0 Å². The number of halogens is 1. The van der Waals surface area contributed by atoms with Crippen LogP contribution in [0.1, 0.15) is 22.8 Å². The molecule has 0 saturated heterocycles. The average Bonchev–Trinajstić information content (AvgIpc) is 2.47. The lowest BCUT2D eigenvalue weighted by molar-refractivity contribution is 0.0694. The Labute approximate surface area is 133 Å². The zero-order valence-corrected chi connectivity index (χ0v) is 13.2. The maximum absolute atomic E-state index is 11.5. The van der Waals surface area contributed by atoms with E-state index in [1.54, 1.807) is 6.07 Å². The molecule has 5 heteroatoms. The Morgan fingerprint density at radius 3 is 2.57 bits per heavy atom. The third kappa shape index (κ3) is 4.16. The van der Waals surface area contributed by atoms with Crippen molar-refractivity contribution in [1.29, 1.82) is 0 Å². The van der Waals surface area contributed by atoms with Crippen molar-refractivity contribution in [1.82, 2.24) is 0 Å². The second-order valence-corrected chi connectivity index (χ2v) is 6.14. The smallest absolute Gasteiger partial charge is 0.338 e. The van der Waals surface area contributed by atoms with E-state index in [1.165, 1.54) is 11.8 Å². The van der Waals surface area contributed by atoms with E-state index in [0.29, 0.717) is 22.8 Å². The third-order valence-corrected chi connectivity index (χ3v) is 4.13. The minimum atomic E-state index is -0.912. The molecule has 0 aliphatic heterocycles. The number of nitrogens with one attached hydrogen (secondary N) is 1. The molecule has 2 aromatic carbocycles. The Bertz CT molecular complexity index is 629. The number of carboxylic acids is 1. The summed E-state index contributed by atoms with van der Waals surface area (Å²) in [5, 5.41) is 13.3. The van der Waals surface area contributed by atoms with Gasteiger partial charge in [-0.3, -0.25) is 0 Å². The van der Waals surface area contributed by atoms with Crippen LogP contribution in [-0.4, -0.2) is 16.8 Å². The second-order valence-electron chi connectivity index (χ2n) is 4.40. The Morgan fingerprint density at radius 1 is 1.24 bits per heavy atom. The summed E-state index contributed by atoms with van der Waals surface area (Å²) in [6.07, 6.45) is 0. The molecule has 21 heavy (non-hydrogen) atoms. The monoisotopic (exact) mass is 321 g/mol. The highest BCUT2D eigenvalue weighted by Crippen LogP contribution is 2.29. The van der Waals surface area contributed by atoms with Gasteiger partial charge in [-0.1, -0.05) is 36.7 Å². The Balaban J connectivity index is 2.21. The molecule has 0 spiro atoms. The van der Waals surface area contributed by atoms with Crippen molar-refractivity contribution in [3.05, 3.63) is 58.6 Å². The summed E-state index contributed by atoms with van der Waals surface area (Å²) in [7, 11) is 0. The topological polar surface area (TPSA) is 49.3 Å². The van der Waals surface area contributed by atoms with Gasteiger partial charge in [0.05, 0.1) is 11.3 Å². The summed E-state index contributed by atoms with van der Waals surface area (Å²) in [4.78, 5) is 12.3. The largest absolute Gasteiger partial charge is 0.478 e. The van der Waals surface area contributed by atoms with Gasteiger partial charge in [0.1, 0.15) is 0 Å². The molecular weight excluding hydrogens is 306 g/mol. The highest BCUT2D eigenvalue weighted by molar-refractivity contribution is 7.99. The molecule has 0 aromatic heterocycles. The normalized spacial score (nSPS) is 10.4. The summed E-state index contributed by atoms with van der Waals surface area (Å²) in [6, 6.07) is 13.0. The fraction of sp³-hybridized carbons (Fsp3) is 0.188. The van der Waals surface area contributed by atoms with Gasteiger partial charge in [0, 0.05) is 16.5 Å². The van der Waals surface area contributed by atoms with Crippen LogP contribution in [-0.2, 0) is 6.54 Å². The molecule has 2 rings (SSSR count). The second kappa shape index (κ2) is 7.38. The number of hydrogen-bond donors (Lipinski definition) is 2. The SMILES string of the molecule is CCSc1cccc(NCc2ccc(Cl)cc2)c1C(=O)O. The van der Waals surface area contributed by atoms with Gasteiger partial charge in [-0.25, -0.2) is 4.79 Å². The zero-order chi connectivity index (χ0) is 15.2. The van der Waals surface area contributed by atoms with Crippen molar-refractivity contribution in [2.24, 2.45) is 0 Å². The van der Waals surface area contributed by atoms with Crippen LogP contribution in [0.15, 0.2) is 47.4 Å². The van der Waals surface area contributed by atoms with Crippen molar-refractivity contribution < 1.29 is 9.90 Å². The quantitative estimate of drug-likeness (QED) is 0.753. The maximum atomic E-state index is 11.5. The number of carboxylic acid groups (broad SMARTS) is 1. The van der Waals surface area contributed by atoms with Crippen molar-refractivity contribution >= 4 is 35.0 Å². The molecule has 0 radical (unpaired) electrons. The van der Waals surface area contributed by atoms with Gasteiger partial charge in [-0.15, -0.1) is 11.8 Å². The molecule has 0 fully saturated rings. The number of thioether (sulfide) groups is 1. The van der Waals surface area contributed by atoms with Crippen LogP contribution in [0.25, 0.3) is 0 Å². The molecule has 0 saturated carbocycles. The standard InChI is InChI=1S/C16H16ClNO2S/c1-2-21-14-5-3-4-13(15(14)16(19)20)18-10-11-6-8-12(17)9-7-11/h3-9,18H,2,10H2,1H3,(H,19,20). The van der Waals surface area contributed by atoms with Crippen LogP contribution in [0.2, 0.25) is 5.02 Å². The van der Waals surface area contributed by atoms with E-state index in [-0.39, 0.29) is 0 Å². The fourth-order valence-corrected chi connectivity index (χ4v) is 2.93. The Kier molecular flexibility index (Phi) is 5.53. The Hall–Kier alpha value is -1.65. The molecule has 0 heterocycles. The molecule has 110 valence electrons. The van der Waals surface area contributed by atoms with Crippen molar-refractivity contribution in [2.75, 3.05) is 11.1 Å². The molecule has 0 bridgehead atoms. The predicted molar refractivity (Wildman–Crippen MR) is 88.6 cm³/mol. The lowest BCUT2D eigenvalue weighted by Gasteiger charge is -2.13. The highest BCUT2D eigenvalue weighted by atomic mass is 35.5. The first-order chi connectivity index (χ1) is 10.1. The summed E-state index contributed by atoms with van der Waals surface area (Å²) in [5.74, 6) is -0.0776. The van der Waals surface area contributed by atoms with Gasteiger partial charge >= 0.3 is 5.97 Å². The maximum Gasteiger partial charge on any atom is 0.338 e. The molecule has 0 atom stereocenters. The number of carbonyl (C=O) groups is 1. The van der Waals surface area contributed by atoms with E-state index in [1.807, 2.05) is 43.3 Å². The number of benzene rings is 2. The minimum Gasteiger partial charge on any atom is -0.478 e. The Morgan fingerprint density at radius 2 is 1.95 bits per heavy atom. The summed E-state index contributed by atoms with van der Waals surface area (Å²) >= 11 is 7.38. The number of rotatable bonds is 6. The average molecular weight is 322 g/mol. The molecule has 2 aromatic rings. The van der Waals surface area contributed by atoms with Crippen LogP contribution in [0.5, 0.6) is 0 Å². The number of hydrogen-bond acceptors (Lipinski definition) is 3. The molecular formula is C16H16ClNO2S. The molecule has 0 aliphatic carbocycles. The van der Waals surface area contributed by atoms with E-state index in [9.17, 15) is 9.90 Å². The van der Waals surface area contributed by atoms with Crippen molar-refractivity contribution in [2.45, 2.75) is 18.4 Å². The molecule has 0 aliphatic rings. The number of aromatic carboxylic acids is 1. The van der Waals surface area contributed by atoms with E-state index < -0.39 is 5.97 Å². The third-order valence-electron chi connectivity index (χ3n) is 2.94. The lowest BCUT2D eigenvalue weighted by Crippen LogP contribution is -2.08. The van der Waals surface area contributed by atoms with E-state index in [0.717, 1.165) is 16.2 Å². The van der Waals surface area contributed by atoms with Crippen LogP contribution in [0.4, 0.5) is 5.69 Å². The van der Waals surface area contributed by atoms with E-state index >= 15 is 0 Å². The highest BCUT2D eigenvalue weighted by Gasteiger charge is 2.15. The molecule has 0 unspecified atom stereocenters. The molecule has 3 nitrogen and oxygen atoms in total. The summed E-state index contributed by atoms with van der Waals surface area (Å²) in [5.41, 5.74) is 2.01. The predicted octanol–water partition coefficient (Wildman–Crippen LogP) is 4.76. The number of anilines is 1. The minimum absolute atomic E-state index is 0.332. The summed E-state index contributed by atoms with van der Waals surface area (Å²) < 4.78 is 0. The van der Waals surface area contributed by atoms with Crippen LogP contribution < -0.4 is 5.32 Å². The fourth-order valence-electron chi connectivity index (χ4n) is 1.97. The van der Waals surface area contributed by atoms with Crippen LogP contribution in [0.3, 0.4) is 0 Å². The molecule has 0 amide bonds. The van der Waals surface area contributed by atoms with E-state index in [4.69, 9.17) is 11.6 Å².